The van der Waals surface area contributed by atoms with E-state index in [1.165, 1.54) is 28.2 Å². The van der Waals surface area contributed by atoms with Gasteiger partial charge >= 0.3 is 0 Å². The van der Waals surface area contributed by atoms with E-state index in [0.29, 0.717) is 17.3 Å². The molecule has 1 fully saturated rings. The lowest BCUT2D eigenvalue weighted by Gasteiger charge is -2.20. The van der Waals surface area contributed by atoms with Gasteiger partial charge < -0.3 is 15.5 Å². The summed E-state index contributed by atoms with van der Waals surface area (Å²) in [6, 6.07) is 7.33. The van der Waals surface area contributed by atoms with E-state index >= 15 is 0 Å². The number of phenolic OH excluding ortho intramolecular Hbond substituents is 1. The van der Waals surface area contributed by atoms with E-state index in [9.17, 15) is 23.4 Å². The van der Waals surface area contributed by atoms with Crippen LogP contribution in [0.5, 0.6) is 11.5 Å². The van der Waals surface area contributed by atoms with E-state index < -0.39 is 21.3 Å². The minimum atomic E-state index is -4.20. The Bertz CT molecular complexity index is 1370. The Hall–Kier alpha value is -3.18. The number of nitrogens with zero attached hydrogens (tertiary/aromatic N) is 3. The Morgan fingerprint density at radius 2 is 2.03 bits per heavy atom. The molecule has 1 aliphatic heterocycles. The minimum Gasteiger partial charge on any atom is -0.508 e. The molecule has 0 amide bonds. The van der Waals surface area contributed by atoms with Gasteiger partial charge in [-0.15, -0.1) is 15.7 Å². The zero-order chi connectivity index (χ0) is 21.8. The van der Waals surface area contributed by atoms with Crippen molar-refractivity contribution in [3.8, 4) is 22.1 Å². The second-order valence-electron chi connectivity index (χ2n) is 7.53. The van der Waals surface area contributed by atoms with Crippen molar-refractivity contribution < 1.29 is 18.6 Å². The van der Waals surface area contributed by atoms with Crippen molar-refractivity contribution in [1.29, 1.82) is 0 Å². The number of nitrogens with one attached hydrogen (secondary N) is 1. The standard InChI is InChI=1S/C20H18N4O5S2/c25-12-5-6-13-15(10-12)31(28,29)23-19(21-13)16-18(26)17(14-2-1-9-30-14)22-24(20(16)27)8-7-11-3-4-11/h1-2,5-6,9-11,25-26H,3-4,7-8H2,(H,21,23). The molecule has 2 aromatic heterocycles. The number of hydrogen-bond donors (Lipinski definition) is 3. The fourth-order valence-electron chi connectivity index (χ4n) is 3.47. The summed E-state index contributed by atoms with van der Waals surface area (Å²) in [7, 11) is -4.20. The minimum absolute atomic E-state index is 0.153. The molecule has 3 heterocycles. The first-order valence-corrected chi connectivity index (χ1v) is 12.0. The second kappa shape index (κ2) is 7.20. The van der Waals surface area contributed by atoms with Gasteiger partial charge in [-0.3, -0.25) is 4.79 Å². The number of aromatic nitrogens is 2. The summed E-state index contributed by atoms with van der Waals surface area (Å²) in [5.41, 5.74) is -0.530. The van der Waals surface area contributed by atoms with Crippen molar-refractivity contribution in [2.45, 2.75) is 30.7 Å². The average molecular weight is 459 g/mol. The van der Waals surface area contributed by atoms with E-state index in [4.69, 9.17) is 0 Å². The topological polar surface area (TPSA) is 134 Å². The average Bonchev–Trinajstić information content (AvgIpc) is 3.39. The number of anilines is 1. The van der Waals surface area contributed by atoms with Gasteiger partial charge in [-0.05, 0) is 35.9 Å². The fourth-order valence-corrected chi connectivity index (χ4v) is 5.33. The highest BCUT2D eigenvalue weighted by molar-refractivity contribution is 7.90. The lowest BCUT2D eigenvalue weighted by molar-refractivity contribution is 0.455. The third kappa shape index (κ3) is 3.59. The van der Waals surface area contributed by atoms with Crippen LogP contribution in [0.4, 0.5) is 5.69 Å². The quantitative estimate of drug-likeness (QED) is 0.501. The van der Waals surface area contributed by atoms with Gasteiger partial charge in [-0.1, -0.05) is 18.9 Å². The van der Waals surface area contributed by atoms with Gasteiger partial charge in [0.1, 0.15) is 21.9 Å². The Balaban J connectivity index is 1.69. The SMILES string of the molecule is O=c1c(C2=NS(=O)(=O)c3cc(O)ccc3N2)c(O)c(-c2cccs2)nn1CCC1CC1. The molecule has 9 nitrogen and oxygen atoms in total. The molecule has 0 radical (unpaired) electrons. The Morgan fingerprint density at radius 1 is 1.23 bits per heavy atom. The molecule has 1 aromatic carbocycles. The maximum Gasteiger partial charge on any atom is 0.286 e. The first-order chi connectivity index (χ1) is 14.8. The zero-order valence-electron chi connectivity index (χ0n) is 16.1. The van der Waals surface area contributed by atoms with Crippen LogP contribution >= 0.6 is 11.3 Å². The molecule has 0 unspecified atom stereocenters. The van der Waals surface area contributed by atoms with Crippen molar-refractivity contribution in [3.05, 3.63) is 51.6 Å². The van der Waals surface area contributed by atoms with Crippen LogP contribution in [0.2, 0.25) is 0 Å². The predicted molar refractivity (Wildman–Crippen MR) is 116 cm³/mol. The summed E-state index contributed by atoms with van der Waals surface area (Å²) in [4.78, 5) is 13.6. The molecular formula is C20H18N4O5S2. The molecule has 2 aliphatic rings. The fraction of sp³-hybridized carbons (Fsp3) is 0.250. The van der Waals surface area contributed by atoms with Crippen LogP contribution in [-0.4, -0.2) is 34.2 Å². The van der Waals surface area contributed by atoms with Crippen LogP contribution in [-0.2, 0) is 16.6 Å². The molecule has 160 valence electrons. The Labute approximate surface area is 181 Å². The molecule has 1 aliphatic carbocycles. The van der Waals surface area contributed by atoms with Crippen LogP contribution < -0.4 is 10.9 Å². The third-order valence-corrected chi connectivity index (χ3v) is 7.47. The molecule has 0 saturated heterocycles. The highest BCUT2D eigenvalue weighted by Crippen LogP contribution is 2.36. The molecule has 3 aromatic rings. The third-order valence-electron chi connectivity index (χ3n) is 5.28. The summed E-state index contributed by atoms with van der Waals surface area (Å²) < 4.78 is 30.4. The molecule has 0 spiro atoms. The number of amidine groups is 1. The Morgan fingerprint density at radius 3 is 2.74 bits per heavy atom. The lowest BCUT2D eigenvalue weighted by atomic mass is 10.1. The molecule has 11 heteroatoms. The van der Waals surface area contributed by atoms with E-state index in [2.05, 4.69) is 14.8 Å². The van der Waals surface area contributed by atoms with Gasteiger partial charge in [-0.2, -0.15) is 13.5 Å². The number of hydrogen-bond acceptors (Lipinski definition) is 8. The Kier molecular flexibility index (Phi) is 4.59. The summed E-state index contributed by atoms with van der Waals surface area (Å²) in [5.74, 6) is -0.377. The normalized spacial score (nSPS) is 17.0. The zero-order valence-corrected chi connectivity index (χ0v) is 17.8. The molecule has 3 N–H and O–H groups in total. The maximum atomic E-state index is 13.2. The van der Waals surface area contributed by atoms with Crippen molar-refractivity contribution in [1.82, 2.24) is 9.78 Å². The number of fused-ring (bicyclic) bond motifs is 1. The molecule has 0 bridgehead atoms. The largest absolute Gasteiger partial charge is 0.508 e. The molecule has 5 rings (SSSR count). The number of phenols is 1. The number of aromatic hydroxyl groups is 2. The lowest BCUT2D eigenvalue weighted by Crippen LogP contribution is -2.34. The smallest absolute Gasteiger partial charge is 0.286 e. The van der Waals surface area contributed by atoms with Crippen LogP contribution in [0, 0.1) is 5.92 Å². The van der Waals surface area contributed by atoms with Gasteiger partial charge in [0, 0.05) is 12.6 Å². The van der Waals surface area contributed by atoms with Crippen molar-refractivity contribution >= 4 is 32.9 Å². The second-order valence-corrected chi connectivity index (χ2v) is 10.1. The first-order valence-electron chi connectivity index (χ1n) is 9.67. The van der Waals surface area contributed by atoms with Crippen molar-refractivity contribution in [2.24, 2.45) is 10.3 Å². The summed E-state index contributed by atoms with van der Waals surface area (Å²) in [6.07, 6.45) is 3.02. The number of aryl methyl sites for hydroxylation is 1. The van der Waals surface area contributed by atoms with Gasteiger partial charge in [0.25, 0.3) is 15.6 Å². The van der Waals surface area contributed by atoms with Gasteiger partial charge in [0.2, 0.25) is 0 Å². The van der Waals surface area contributed by atoms with E-state index in [-0.39, 0.29) is 33.4 Å². The molecule has 0 atom stereocenters. The van der Waals surface area contributed by atoms with E-state index in [0.717, 1.165) is 25.3 Å². The molecule has 31 heavy (non-hydrogen) atoms. The number of sulfonamides is 1. The van der Waals surface area contributed by atoms with Crippen molar-refractivity contribution in [2.75, 3.05) is 5.32 Å². The van der Waals surface area contributed by atoms with Crippen LogP contribution in [0.25, 0.3) is 10.6 Å². The monoisotopic (exact) mass is 458 g/mol. The predicted octanol–water partition coefficient (Wildman–Crippen LogP) is 2.74. The highest BCUT2D eigenvalue weighted by atomic mass is 32.2. The summed E-state index contributed by atoms with van der Waals surface area (Å²) in [5, 5.41) is 29.6. The van der Waals surface area contributed by atoms with Crippen LogP contribution in [0.1, 0.15) is 24.8 Å². The molecular weight excluding hydrogens is 440 g/mol. The first kappa shape index (κ1) is 19.8. The van der Waals surface area contributed by atoms with Crippen LogP contribution in [0.15, 0.2) is 49.8 Å². The van der Waals surface area contributed by atoms with Gasteiger partial charge in [0.05, 0.1) is 10.6 Å². The molecule has 1 saturated carbocycles. The number of thiophene rings is 1. The van der Waals surface area contributed by atoms with Crippen LogP contribution in [0.3, 0.4) is 0 Å². The summed E-state index contributed by atoms with van der Waals surface area (Å²) in [6.45, 7) is 0.361. The number of rotatable bonds is 5. The summed E-state index contributed by atoms with van der Waals surface area (Å²) >= 11 is 1.34. The van der Waals surface area contributed by atoms with E-state index in [1.807, 2.05) is 5.38 Å². The van der Waals surface area contributed by atoms with E-state index in [1.54, 1.807) is 12.1 Å². The maximum absolute atomic E-state index is 13.2. The van der Waals surface area contributed by atoms with Gasteiger partial charge in [-0.25, -0.2) is 4.68 Å². The van der Waals surface area contributed by atoms with Gasteiger partial charge in [0.15, 0.2) is 11.6 Å². The number of benzene rings is 1. The van der Waals surface area contributed by atoms with Crippen molar-refractivity contribution in [3.63, 3.8) is 0 Å². The highest BCUT2D eigenvalue weighted by Gasteiger charge is 2.31.